The van der Waals surface area contributed by atoms with E-state index in [9.17, 15) is 13.6 Å². The fraction of sp³-hybridized carbons (Fsp3) is 0.909. The minimum Gasteiger partial charge on any atom is -0.375 e. The summed E-state index contributed by atoms with van der Waals surface area (Å²) in [6.07, 6.45) is -0.228. The van der Waals surface area contributed by atoms with Crippen LogP contribution in [0.1, 0.15) is 19.3 Å². The number of amides is 1. The van der Waals surface area contributed by atoms with Crippen LogP contribution in [-0.2, 0) is 9.53 Å². The molecule has 6 heteroatoms. The highest BCUT2D eigenvalue weighted by molar-refractivity contribution is 5.76. The fourth-order valence-electron chi connectivity index (χ4n) is 1.93. The van der Waals surface area contributed by atoms with E-state index in [2.05, 4.69) is 5.32 Å². The zero-order valence-electron chi connectivity index (χ0n) is 10.1. The summed E-state index contributed by atoms with van der Waals surface area (Å²) in [5.41, 5.74) is 0. The molecule has 100 valence electrons. The second kappa shape index (κ2) is 7.55. The van der Waals surface area contributed by atoms with Crippen molar-refractivity contribution in [3.8, 4) is 0 Å². The van der Waals surface area contributed by atoms with Crippen molar-refractivity contribution >= 4 is 5.91 Å². The second-order valence-electron chi connectivity index (χ2n) is 4.18. The summed E-state index contributed by atoms with van der Waals surface area (Å²) >= 11 is 0. The van der Waals surface area contributed by atoms with E-state index in [1.807, 2.05) is 7.05 Å². The molecule has 1 fully saturated rings. The lowest BCUT2D eigenvalue weighted by Gasteiger charge is -2.32. The van der Waals surface area contributed by atoms with Crippen LogP contribution in [0.2, 0.25) is 0 Å². The number of likely N-dealkylation sites (N-methyl/N-ethyl adjacent to an activating group) is 1. The van der Waals surface area contributed by atoms with Crippen LogP contribution in [0, 0.1) is 0 Å². The van der Waals surface area contributed by atoms with Gasteiger partial charge in [-0.15, -0.1) is 0 Å². The third kappa shape index (κ3) is 5.41. The van der Waals surface area contributed by atoms with Crippen molar-refractivity contribution in [1.29, 1.82) is 0 Å². The smallest absolute Gasteiger partial charge is 0.261 e. The Morgan fingerprint density at radius 1 is 1.59 bits per heavy atom. The zero-order valence-corrected chi connectivity index (χ0v) is 10.1. The molecule has 1 amide bonds. The van der Waals surface area contributed by atoms with Gasteiger partial charge in [-0.2, -0.15) is 0 Å². The lowest BCUT2D eigenvalue weighted by atomic mass is 10.1. The summed E-state index contributed by atoms with van der Waals surface area (Å²) in [4.78, 5) is 13.5. The molecule has 0 aromatic heterocycles. The summed E-state index contributed by atoms with van der Waals surface area (Å²) in [5, 5.41) is 3.15. The number of nitrogens with zero attached hydrogens (tertiary/aromatic N) is 1. The van der Waals surface area contributed by atoms with E-state index in [0.29, 0.717) is 12.6 Å². The van der Waals surface area contributed by atoms with Gasteiger partial charge in [-0.3, -0.25) is 4.79 Å². The zero-order chi connectivity index (χ0) is 12.7. The average Bonchev–Trinajstić information content (AvgIpc) is 2.34. The first-order valence-electron chi connectivity index (χ1n) is 5.94. The summed E-state index contributed by atoms with van der Waals surface area (Å²) in [7, 11) is 1.88. The van der Waals surface area contributed by atoms with Crippen LogP contribution in [0.25, 0.3) is 0 Å². The highest BCUT2D eigenvalue weighted by Crippen LogP contribution is 2.10. The quantitative estimate of drug-likeness (QED) is 0.711. The first kappa shape index (κ1) is 14.3. The number of hydrogen-bond donors (Lipinski definition) is 1. The van der Waals surface area contributed by atoms with Crippen molar-refractivity contribution in [2.75, 3.05) is 33.4 Å². The summed E-state index contributed by atoms with van der Waals surface area (Å²) < 4.78 is 28.3. The number of carbonyl (C=O) groups excluding carboxylic acids is 1. The van der Waals surface area contributed by atoms with Crippen molar-refractivity contribution in [1.82, 2.24) is 10.2 Å². The fourth-order valence-corrected chi connectivity index (χ4v) is 1.93. The molecule has 17 heavy (non-hydrogen) atoms. The summed E-state index contributed by atoms with van der Waals surface area (Å²) in [5.74, 6) is -0.0146. The van der Waals surface area contributed by atoms with Crippen LogP contribution in [0.15, 0.2) is 0 Å². The van der Waals surface area contributed by atoms with Gasteiger partial charge >= 0.3 is 0 Å². The van der Waals surface area contributed by atoms with E-state index in [-0.39, 0.29) is 18.9 Å². The van der Waals surface area contributed by atoms with Crippen molar-refractivity contribution < 1.29 is 18.3 Å². The molecule has 1 atom stereocenters. The Hall–Kier alpha value is -0.750. The molecule has 0 bridgehead atoms. The summed E-state index contributed by atoms with van der Waals surface area (Å²) in [6, 6.07) is 0.342. The Labute approximate surface area is 100 Å². The SMILES string of the molecule is CNC1CCCN(C(=O)CCOCC(F)F)C1. The lowest BCUT2D eigenvalue weighted by molar-refractivity contribution is -0.134. The molecule has 0 aromatic rings. The van der Waals surface area contributed by atoms with Gasteiger partial charge < -0.3 is 15.0 Å². The number of carbonyl (C=O) groups is 1. The number of alkyl halides is 2. The number of piperidine rings is 1. The monoisotopic (exact) mass is 250 g/mol. The van der Waals surface area contributed by atoms with Crippen molar-refractivity contribution in [3.63, 3.8) is 0 Å². The maximum atomic E-state index is 11.8. The van der Waals surface area contributed by atoms with E-state index >= 15 is 0 Å². The van der Waals surface area contributed by atoms with Crippen molar-refractivity contribution in [3.05, 3.63) is 0 Å². The maximum Gasteiger partial charge on any atom is 0.261 e. The minimum atomic E-state index is -2.46. The Morgan fingerprint density at radius 3 is 3.00 bits per heavy atom. The minimum absolute atomic E-state index is 0.0146. The van der Waals surface area contributed by atoms with E-state index in [1.54, 1.807) is 4.90 Å². The first-order valence-corrected chi connectivity index (χ1v) is 5.94. The van der Waals surface area contributed by atoms with E-state index in [4.69, 9.17) is 4.74 Å². The molecule has 0 aliphatic carbocycles. The molecule has 1 rings (SSSR count). The number of rotatable bonds is 6. The number of nitrogens with one attached hydrogen (secondary N) is 1. The van der Waals surface area contributed by atoms with Crippen molar-refractivity contribution in [2.24, 2.45) is 0 Å². The normalized spacial score (nSPS) is 20.9. The first-order chi connectivity index (χ1) is 8.13. The molecular weight excluding hydrogens is 230 g/mol. The number of hydrogen-bond acceptors (Lipinski definition) is 3. The molecule has 1 heterocycles. The summed E-state index contributed by atoms with van der Waals surface area (Å²) in [6.45, 7) is 0.937. The molecule has 0 spiro atoms. The van der Waals surface area contributed by atoms with Crippen LogP contribution in [0.5, 0.6) is 0 Å². The van der Waals surface area contributed by atoms with Crippen LogP contribution in [0.3, 0.4) is 0 Å². The Kier molecular flexibility index (Phi) is 6.36. The van der Waals surface area contributed by atoms with Gasteiger partial charge in [-0.05, 0) is 19.9 Å². The van der Waals surface area contributed by atoms with Gasteiger partial charge in [0.15, 0.2) is 0 Å². The van der Waals surface area contributed by atoms with Gasteiger partial charge in [-0.25, -0.2) is 8.78 Å². The second-order valence-corrected chi connectivity index (χ2v) is 4.18. The maximum absolute atomic E-state index is 11.8. The molecule has 1 N–H and O–H groups in total. The predicted octanol–water partition coefficient (Wildman–Crippen LogP) is 0.869. The molecule has 0 aromatic carbocycles. The van der Waals surface area contributed by atoms with Gasteiger partial charge in [0, 0.05) is 19.1 Å². The van der Waals surface area contributed by atoms with Gasteiger partial charge in [0.05, 0.1) is 13.0 Å². The molecule has 4 nitrogen and oxygen atoms in total. The molecule has 0 radical (unpaired) electrons. The third-order valence-corrected chi connectivity index (χ3v) is 2.89. The van der Waals surface area contributed by atoms with Crippen LogP contribution in [-0.4, -0.2) is 56.6 Å². The largest absolute Gasteiger partial charge is 0.375 e. The van der Waals surface area contributed by atoms with Crippen LogP contribution in [0.4, 0.5) is 8.78 Å². The molecule has 1 aliphatic rings. The highest BCUT2D eigenvalue weighted by Gasteiger charge is 2.22. The molecular formula is C11H20F2N2O2. The van der Waals surface area contributed by atoms with E-state index in [0.717, 1.165) is 19.4 Å². The lowest BCUT2D eigenvalue weighted by Crippen LogP contribution is -2.47. The number of ether oxygens (including phenoxy) is 1. The van der Waals surface area contributed by atoms with Gasteiger partial charge in [0.1, 0.15) is 6.61 Å². The highest BCUT2D eigenvalue weighted by atomic mass is 19.3. The number of likely N-dealkylation sites (tertiary alicyclic amines) is 1. The Balaban J connectivity index is 2.18. The van der Waals surface area contributed by atoms with Crippen molar-refractivity contribution in [2.45, 2.75) is 31.7 Å². The van der Waals surface area contributed by atoms with Crippen LogP contribution >= 0.6 is 0 Å². The third-order valence-electron chi connectivity index (χ3n) is 2.89. The average molecular weight is 250 g/mol. The topological polar surface area (TPSA) is 41.6 Å². The Bertz CT molecular complexity index is 240. The molecule has 1 saturated heterocycles. The van der Waals surface area contributed by atoms with Gasteiger partial charge in [-0.1, -0.05) is 0 Å². The molecule has 0 saturated carbocycles. The van der Waals surface area contributed by atoms with E-state index in [1.165, 1.54) is 0 Å². The Morgan fingerprint density at radius 2 is 2.35 bits per heavy atom. The predicted molar refractivity (Wildman–Crippen MR) is 60.1 cm³/mol. The van der Waals surface area contributed by atoms with Crippen LogP contribution < -0.4 is 5.32 Å². The standard InChI is InChI=1S/C11H20F2N2O2/c1-14-9-3-2-5-15(7-9)11(16)4-6-17-8-10(12)13/h9-10,14H,2-8H2,1H3. The number of halogens is 2. The van der Waals surface area contributed by atoms with Gasteiger partial charge in [0.2, 0.25) is 5.91 Å². The van der Waals surface area contributed by atoms with E-state index < -0.39 is 13.0 Å². The van der Waals surface area contributed by atoms with Gasteiger partial charge in [0.25, 0.3) is 6.43 Å². The molecule has 1 unspecified atom stereocenters. The molecule has 1 aliphatic heterocycles.